The van der Waals surface area contributed by atoms with Gasteiger partial charge in [0.05, 0.1) is 6.33 Å². The molecule has 6 nitrogen and oxygen atoms in total. The number of likely N-dealkylation sites (tertiary alicyclic amines) is 1. The van der Waals surface area contributed by atoms with Gasteiger partial charge >= 0.3 is 0 Å². The molecule has 3 heterocycles. The molecule has 1 atom stereocenters. The number of nitrogen functional groups attached to an aromatic ring is 1. The molecule has 0 spiro atoms. The molecule has 6 heteroatoms. The minimum Gasteiger partial charge on any atom is -0.382 e. The van der Waals surface area contributed by atoms with Crippen LogP contribution in [0, 0.1) is 0 Å². The van der Waals surface area contributed by atoms with Gasteiger partial charge in [-0.15, -0.1) is 0 Å². The summed E-state index contributed by atoms with van der Waals surface area (Å²) in [7, 11) is 2.22. The van der Waals surface area contributed by atoms with Crippen LogP contribution in [0.5, 0.6) is 0 Å². The SMILES string of the molecule is CN1CCCCC1CCn1cnc2c(N)ncnc21. The number of piperidine rings is 1. The predicted octanol–water partition coefficient (Wildman–Crippen LogP) is 1.28. The number of nitrogens with two attached hydrogens (primary N) is 1. The molecule has 0 aromatic carbocycles. The van der Waals surface area contributed by atoms with Gasteiger partial charge in [0.2, 0.25) is 0 Å². The molecule has 1 aliphatic heterocycles. The second-order valence-corrected chi connectivity index (χ2v) is 5.29. The lowest BCUT2D eigenvalue weighted by molar-refractivity contribution is 0.171. The lowest BCUT2D eigenvalue weighted by atomic mass is 10.0. The fourth-order valence-electron chi connectivity index (χ4n) is 2.86. The Morgan fingerprint density at radius 3 is 3.05 bits per heavy atom. The summed E-state index contributed by atoms with van der Waals surface area (Å²) in [6.07, 6.45) is 8.41. The Kier molecular flexibility index (Phi) is 3.33. The minimum absolute atomic E-state index is 0.457. The van der Waals surface area contributed by atoms with E-state index in [0.29, 0.717) is 17.4 Å². The number of aromatic nitrogens is 4. The van der Waals surface area contributed by atoms with Crippen LogP contribution in [0.25, 0.3) is 11.2 Å². The number of hydrogen-bond acceptors (Lipinski definition) is 5. The molecule has 0 bridgehead atoms. The quantitative estimate of drug-likeness (QED) is 0.900. The van der Waals surface area contributed by atoms with E-state index in [1.165, 1.54) is 32.1 Å². The Labute approximate surface area is 112 Å². The first-order valence-corrected chi connectivity index (χ1v) is 6.87. The Morgan fingerprint density at radius 1 is 1.32 bits per heavy atom. The second kappa shape index (κ2) is 5.13. The lowest BCUT2D eigenvalue weighted by Gasteiger charge is -2.32. The molecular weight excluding hydrogens is 240 g/mol. The van der Waals surface area contributed by atoms with E-state index in [1.54, 1.807) is 0 Å². The van der Waals surface area contributed by atoms with Crippen molar-refractivity contribution in [3.63, 3.8) is 0 Å². The first kappa shape index (κ1) is 12.3. The second-order valence-electron chi connectivity index (χ2n) is 5.29. The molecule has 0 amide bonds. The highest BCUT2D eigenvalue weighted by Crippen LogP contribution is 2.20. The summed E-state index contributed by atoms with van der Waals surface area (Å²) in [5.74, 6) is 0.457. The molecule has 1 saturated heterocycles. The van der Waals surface area contributed by atoms with E-state index in [9.17, 15) is 0 Å². The van der Waals surface area contributed by atoms with Crippen LogP contribution in [0.4, 0.5) is 5.82 Å². The maximum absolute atomic E-state index is 5.80. The van der Waals surface area contributed by atoms with Crippen molar-refractivity contribution in [1.82, 2.24) is 24.4 Å². The fraction of sp³-hybridized carbons (Fsp3) is 0.615. The van der Waals surface area contributed by atoms with Crippen molar-refractivity contribution in [3.05, 3.63) is 12.7 Å². The Hall–Kier alpha value is -1.69. The van der Waals surface area contributed by atoms with Crippen LogP contribution in [0.3, 0.4) is 0 Å². The number of fused-ring (bicyclic) bond motifs is 1. The molecule has 1 unspecified atom stereocenters. The lowest BCUT2D eigenvalue weighted by Crippen LogP contribution is -2.36. The third-order valence-electron chi connectivity index (χ3n) is 4.05. The maximum Gasteiger partial charge on any atom is 0.165 e. The van der Waals surface area contributed by atoms with Crippen LogP contribution < -0.4 is 5.73 Å². The zero-order valence-corrected chi connectivity index (χ0v) is 11.3. The molecule has 102 valence electrons. The molecule has 0 radical (unpaired) electrons. The summed E-state index contributed by atoms with van der Waals surface area (Å²) in [6.45, 7) is 2.15. The highest BCUT2D eigenvalue weighted by molar-refractivity contribution is 5.80. The number of imidazole rings is 1. The molecule has 2 aromatic rings. The molecule has 1 aliphatic rings. The standard InChI is InChI=1S/C13H20N6/c1-18-6-3-2-4-10(18)5-7-19-9-17-11-12(14)15-8-16-13(11)19/h8-10H,2-7H2,1H3,(H2,14,15,16). The third-order valence-corrected chi connectivity index (χ3v) is 4.05. The highest BCUT2D eigenvalue weighted by Gasteiger charge is 2.19. The average molecular weight is 260 g/mol. The largest absolute Gasteiger partial charge is 0.382 e. The Bertz CT molecular complexity index is 563. The van der Waals surface area contributed by atoms with Gasteiger partial charge in [-0.3, -0.25) is 0 Å². The number of aryl methyl sites for hydroxylation is 1. The van der Waals surface area contributed by atoms with Crippen LogP contribution in [0.2, 0.25) is 0 Å². The molecule has 3 rings (SSSR count). The summed E-state index contributed by atoms with van der Waals surface area (Å²) in [4.78, 5) is 15.0. The topological polar surface area (TPSA) is 72.9 Å². The molecule has 2 N–H and O–H groups in total. The van der Waals surface area contributed by atoms with Crippen molar-refractivity contribution in [2.24, 2.45) is 0 Å². The molecule has 0 aliphatic carbocycles. The van der Waals surface area contributed by atoms with E-state index >= 15 is 0 Å². The van der Waals surface area contributed by atoms with Gasteiger partial charge < -0.3 is 15.2 Å². The monoisotopic (exact) mass is 260 g/mol. The molecule has 2 aromatic heterocycles. The Balaban J connectivity index is 1.73. The fourth-order valence-corrected chi connectivity index (χ4v) is 2.86. The summed E-state index contributed by atoms with van der Waals surface area (Å²) >= 11 is 0. The number of anilines is 1. The van der Waals surface area contributed by atoms with Crippen molar-refractivity contribution in [1.29, 1.82) is 0 Å². The van der Waals surface area contributed by atoms with E-state index in [1.807, 2.05) is 6.33 Å². The first-order valence-electron chi connectivity index (χ1n) is 6.87. The minimum atomic E-state index is 0.457. The van der Waals surface area contributed by atoms with Crippen molar-refractivity contribution in [2.75, 3.05) is 19.3 Å². The van der Waals surface area contributed by atoms with Gasteiger partial charge in [0.25, 0.3) is 0 Å². The van der Waals surface area contributed by atoms with Gasteiger partial charge in [0, 0.05) is 12.6 Å². The summed E-state index contributed by atoms with van der Waals surface area (Å²) < 4.78 is 2.08. The van der Waals surface area contributed by atoms with Crippen LogP contribution in [-0.4, -0.2) is 44.1 Å². The van der Waals surface area contributed by atoms with E-state index in [-0.39, 0.29) is 0 Å². The average Bonchev–Trinajstić information content (AvgIpc) is 2.83. The maximum atomic E-state index is 5.80. The van der Waals surface area contributed by atoms with E-state index in [2.05, 4.69) is 31.5 Å². The van der Waals surface area contributed by atoms with Crippen LogP contribution in [0.15, 0.2) is 12.7 Å². The van der Waals surface area contributed by atoms with Crippen molar-refractivity contribution in [3.8, 4) is 0 Å². The van der Waals surface area contributed by atoms with Crippen LogP contribution in [-0.2, 0) is 6.54 Å². The molecule has 1 fully saturated rings. The number of nitrogens with zero attached hydrogens (tertiary/aromatic N) is 5. The molecular formula is C13H20N6. The van der Waals surface area contributed by atoms with Gasteiger partial charge in [0.1, 0.15) is 11.8 Å². The highest BCUT2D eigenvalue weighted by atomic mass is 15.2. The predicted molar refractivity (Wildman–Crippen MR) is 74.6 cm³/mol. The zero-order valence-electron chi connectivity index (χ0n) is 11.3. The van der Waals surface area contributed by atoms with E-state index < -0.39 is 0 Å². The zero-order chi connectivity index (χ0) is 13.2. The van der Waals surface area contributed by atoms with Gasteiger partial charge in [-0.05, 0) is 32.9 Å². The smallest absolute Gasteiger partial charge is 0.165 e. The summed E-state index contributed by atoms with van der Waals surface area (Å²) in [6, 6.07) is 0.672. The normalized spacial score (nSPS) is 21.0. The van der Waals surface area contributed by atoms with Crippen LogP contribution in [0.1, 0.15) is 25.7 Å². The van der Waals surface area contributed by atoms with Crippen LogP contribution >= 0.6 is 0 Å². The summed E-state index contributed by atoms with van der Waals surface area (Å²) in [5.41, 5.74) is 7.34. The summed E-state index contributed by atoms with van der Waals surface area (Å²) in [5, 5.41) is 0. The van der Waals surface area contributed by atoms with Gasteiger partial charge in [-0.2, -0.15) is 0 Å². The third kappa shape index (κ3) is 2.40. The number of hydrogen-bond donors (Lipinski definition) is 1. The number of rotatable bonds is 3. The van der Waals surface area contributed by atoms with Gasteiger partial charge in [-0.1, -0.05) is 6.42 Å². The molecule has 0 saturated carbocycles. The Morgan fingerprint density at radius 2 is 2.21 bits per heavy atom. The van der Waals surface area contributed by atoms with Gasteiger partial charge in [0.15, 0.2) is 11.5 Å². The van der Waals surface area contributed by atoms with Crippen molar-refractivity contribution in [2.45, 2.75) is 38.3 Å². The van der Waals surface area contributed by atoms with E-state index in [4.69, 9.17) is 5.73 Å². The van der Waals surface area contributed by atoms with Crippen molar-refractivity contribution < 1.29 is 0 Å². The van der Waals surface area contributed by atoms with Crippen molar-refractivity contribution >= 4 is 17.0 Å². The van der Waals surface area contributed by atoms with E-state index in [0.717, 1.165) is 18.6 Å². The van der Waals surface area contributed by atoms with Gasteiger partial charge in [-0.25, -0.2) is 15.0 Å². The first-order chi connectivity index (χ1) is 9.25. The molecule has 19 heavy (non-hydrogen) atoms.